The Morgan fingerprint density at radius 2 is 2.44 bits per heavy atom. The number of nitrogens with one attached hydrogen (secondary N) is 1. The van der Waals surface area contributed by atoms with E-state index in [0.717, 1.165) is 10.5 Å². The average molecular weight is 187 g/mol. The third kappa shape index (κ3) is 0.894. The molecule has 1 aromatic heterocycles. The number of H-pyrrole nitrogens is 1. The van der Waals surface area contributed by atoms with Crippen LogP contribution in [0.5, 0.6) is 0 Å². The van der Waals surface area contributed by atoms with Crippen molar-refractivity contribution in [1.29, 1.82) is 0 Å². The van der Waals surface area contributed by atoms with Crippen LogP contribution in [0.1, 0.15) is 24.3 Å². The van der Waals surface area contributed by atoms with E-state index in [9.17, 15) is 0 Å². The van der Waals surface area contributed by atoms with Crippen LogP contribution in [0.25, 0.3) is 0 Å². The Morgan fingerprint density at radius 3 is 2.89 bits per heavy atom. The van der Waals surface area contributed by atoms with Gasteiger partial charge in [-0.15, -0.1) is 0 Å². The SMILES string of the molecule is Brc1[nH]ncc1C1CC1. The number of halogens is 1. The van der Waals surface area contributed by atoms with Gasteiger partial charge >= 0.3 is 0 Å². The van der Waals surface area contributed by atoms with Gasteiger partial charge in [-0.1, -0.05) is 0 Å². The van der Waals surface area contributed by atoms with Gasteiger partial charge in [-0.25, -0.2) is 0 Å². The third-order valence-electron chi connectivity index (χ3n) is 1.64. The molecule has 0 radical (unpaired) electrons. The normalized spacial score (nSPS) is 18.3. The molecular weight excluding hydrogens is 180 g/mol. The Morgan fingerprint density at radius 1 is 1.67 bits per heavy atom. The molecule has 48 valence electrons. The molecule has 1 heterocycles. The quantitative estimate of drug-likeness (QED) is 0.715. The molecule has 1 aliphatic carbocycles. The lowest BCUT2D eigenvalue weighted by molar-refractivity contribution is 1.07. The molecule has 0 saturated heterocycles. The predicted molar refractivity (Wildman–Crippen MR) is 38.3 cm³/mol. The van der Waals surface area contributed by atoms with Gasteiger partial charge in [-0.3, -0.25) is 5.10 Å². The van der Waals surface area contributed by atoms with Gasteiger partial charge in [0.2, 0.25) is 0 Å². The summed E-state index contributed by atoms with van der Waals surface area (Å²) in [5.41, 5.74) is 1.34. The van der Waals surface area contributed by atoms with Gasteiger partial charge in [0, 0.05) is 5.56 Å². The van der Waals surface area contributed by atoms with Crippen LogP contribution in [0.4, 0.5) is 0 Å². The maximum Gasteiger partial charge on any atom is 0.104 e. The van der Waals surface area contributed by atoms with E-state index in [1.807, 2.05) is 6.20 Å². The van der Waals surface area contributed by atoms with E-state index in [1.54, 1.807) is 0 Å². The number of nitrogens with zero attached hydrogens (tertiary/aromatic N) is 1. The minimum atomic E-state index is 0.790. The first kappa shape index (κ1) is 5.47. The van der Waals surface area contributed by atoms with E-state index in [1.165, 1.54) is 18.4 Å². The molecule has 1 aromatic rings. The van der Waals surface area contributed by atoms with Gasteiger partial charge in [0.15, 0.2) is 0 Å². The van der Waals surface area contributed by atoms with Crippen LogP contribution >= 0.6 is 15.9 Å². The number of hydrogen-bond donors (Lipinski definition) is 1. The molecule has 0 aliphatic heterocycles. The molecule has 9 heavy (non-hydrogen) atoms. The fourth-order valence-electron chi connectivity index (χ4n) is 0.959. The molecule has 3 heteroatoms. The van der Waals surface area contributed by atoms with Crippen LogP contribution in [0.2, 0.25) is 0 Å². The van der Waals surface area contributed by atoms with Crippen molar-refractivity contribution < 1.29 is 0 Å². The predicted octanol–water partition coefficient (Wildman–Crippen LogP) is 2.05. The zero-order valence-electron chi connectivity index (χ0n) is 4.89. The highest BCUT2D eigenvalue weighted by molar-refractivity contribution is 9.10. The molecule has 0 aromatic carbocycles. The summed E-state index contributed by atoms with van der Waals surface area (Å²) < 4.78 is 1.06. The van der Waals surface area contributed by atoms with Gasteiger partial charge in [0.1, 0.15) is 4.60 Å². The lowest BCUT2D eigenvalue weighted by Gasteiger charge is -1.87. The molecule has 0 spiro atoms. The first-order chi connectivity index (χ1) is 4.38. The van der Waals surface area contributed by atoms with Crippen molar-refractivity contribution in [2.24, 2.45) is 0 Å². The molecule has 1 fully saturated rings. The van der Waals surface area contributed by atoms with E-state index >= 15 is 0 Å². The van der Waals surface area contributed by atoms with Gasteiger partial charge in [0.05, 0.1) is 6.20 Å². The summed E-state index contributed by atoms with van der Waals surface area (Å²) in [6.45, 7) is 0. The molecule has 1 N–H and O–H groups in total. The second kappa shape index (κ2) is 1.84. The van der Waals surface area contributed by atoms with Gasteiger partial charge in [-0.05, 0) is 34.7 Å². The van der Waals surface area contributed by atoms with Gasteiger partial charge < -0.3 is 0 Å². The van der Waals surface area contributed by atoms with E-state index in [-0.39, 0.29) is 0 Å². The smallest absolute Gasteiger partial charge is 0.104 e. The molecule has 2 rings (SSSR count). The number of aromatic amines is 1. The summed E-state index contributed by atoms with van der Waals surface area (Å²) in [5.74, 6) is 0.790. The molecule has 0 atom stereocenters. The minimum absolute atomic E-state index is 0.790. The van der Waals surface area contributed by atoms with E-state index in [4.69, 9.17) is 0 Å². The molecule has 0 unspecified atom stereocenters. The standard InChI is InChI=1S/C6H7BrN2/c7-6-5(3-8-9-6)4-1-2-4/h3-4H,1-2H2,(H,8,9). The second-order valence-electron chi connectivity index (χ2n) is 2.41. The Balaban J connectivity index is 2.35. The van der Waals surface area contributed by atoms with E-state index in [2.05, 4.69) is 26.1 Å². The number of aromatic nitrogens is 2. The van der Waals surface area contributed by atoms with Crippen molar-refractivity contribution in [2.45, 2.75) is 18.8 Å². The highest BCUT2D eigenvalue weighted by atomic mass is 79.9. The summed E-state index contributed by atoms with van der Waals surface area (Å²) in [4.78, 5) is 0. The van der Waals surface area contributed by atoms with Crippen LogP contribution in [0, 0.1) is 0 Å². The van der Waals surface area contributed by atoms with Gasteiger partial charge in [0.25, 0.3) is 0 Å². The molecule has 0 bridgehead atoms. The fourth-order valence-corrected chi connectivity index (χ4v) is 1.49. The van der Waals surface area contributed by atoms with E-state index < -0.39 is 0 Å². The van der Waals surface area contributed by atoms with E-state index in [0.29, 0.717) is 0 Å². The summed E-state index contributed by atoms with van der Waals surface area (Å²) in [6, 6.07) is 0. The van der Waals surface area contributed by atoms with Crippen LogP contribution in [0.15, 0.2) is 10.8 Å². The van der Waals surface area contributed by atoms with Crippen molar-refractivity contribution in [2.75, 3.05) is 0 Å². The third-order valence-corrected chi connectivity index (χ3v) is 2.27. The van der Waals surface area contributed by atoms with Crippen molar-refractivity contribution in [3.8, 4) is 0 Å². The van der Waals surface area contributed by atoms with Crippen LogP contribution < -0.4 is 0 Å². The Labute approximate surface area is 61.8 Å². The molecule has 1 saturated carbocycles. The monoisotopic (exact) mass is 186 g/mol. The Hall–Kier alpha value is -0.310. The molecular formula is C6H7BrN2. The van der Waals surface area contributed by atoms with Crippen LogP contribution in [-0.4, -0.2) is 10.2 Å². The summed E-state index contributed by atoms with van der Waals surface area (Å²) >= 11 is 3.39. The largest absolute Gasteiger partial charge is 0.271 e. The summed E-state index contributed by atoms with van der Waals surface area (Å²) in [6.07, 6.45) is 4.57. The fraction of sp³-hybridized carbons (Fsp3) is 0.500. The lowest BCUT2D eigenvalue weighted by atomic mass is 10.2. The van der Waals surface area contributed by atoms with Crippen molar-refractivity contribution in [1.82, 2.24) is 10.2 Å². The van der Waals surface area contributed by atoms with Crippen LogP contribution in [0.3, 0.4) is 0 Å². The Bertz CT molecular complexity index is 215. The van der Waals surface area contributed by atoms with Crippen molar-refractivity contribution >= 4 is 15.9 Å². The zero-order valence-corrected chi connectivity index (χ0v) is 6.48. The lowest BCUT2D eigenvalue weighted by Crippen LogP contribution is -1.72. The first-order valence-electron chi connectivity index (χ1n) is 3.06. The Kier molecular flexibility index (Phi) is 1.12. The second-order valence-corrected chi connectivity index (χ2v) is 3.21. The minimum Gasteiger partial charge on any atom is -0.271 e. The van der Waals surface area contributed by atoms with Crippen molar-refractivity contribution in [3.63, 3.8) is 0 Å². The summed E-state index contributed by atoms with van der Waals surface area (Å²) in [5, 5.41) is 6.77. The van der Waals surface area contributed by atoms with Gasteiger partial charge in [-0.2, -0.15) is 5.10 Å². The van der Waals surface area contributed by atoms with Crippen molar-refractivity contribution in [3.05, 3.63) is 16.4 Å². The number of rotatable bonds is 1. The molecule has 1 aliphatic rings. The first-order valence-corrected chi connectivity index (χ1v) is 3.86. The van der Waals surface area contributed by atoms with Crippen LogP contribution in [-0.2, 0) is 0 Å². The maximum atomic E-state index is 3.91. The topological polar surface area (TPSA) is 28.7 Å². The average Bonchev–Trinajstić information content (AvgIpc) is 2.58. The number of hydrogen-bond acceptors (Lipinski definition) is 1. The molecule has 2 nitrogen and oxygen atoms in total. The maximum absolute atomic E-state index is 3.91. The highest BCUT2D eigenvalue weighted by Crippen LogP contribution is 2.42. The highest BCUT2D eigenvalue weighted by Gasteiger charge is 2.26. The zero-order chi connectivity index (χ0) is 6.27. The summed E-state index contributed by atoms with van der Waals surface area (Å²) in [7, 11) is 0. The molecule has 0 amide bonds.